The lowest BCUT2D eigenvalue weighted by Gasteiger charge is -2.17. The van der Waals surface area contributed by atoms with Gasteiger partial charge in [0.05, 0.1) is 24.2 Å². The number of carbonyl (C=O) groups excluding carboxylic acids is 1. The number of nitrogens with zero attached hydrogens (tertiary/aromatic N) is 1. The van der Waals surface area contributed by atoms with Gasteiger partial charge in [-0.1, -0.05) is 0 Å². The molecule has 0 saturated carbocycles. The first-order valence-corrected chi connectivity index (χ1v) is 12.4. The molecule has 1 unspecified atom stereocenters. The third-order valence-corrected chi connectivity index (χ3v) is 6.96. The van der Waals surface area contributed by atoms with E-state index in [9.17, 15) is 22.0 Å². The molecule has 3 N–H and O–H groups in total. The van der Waals surface area contributed by atoms with Gasteiger partial charge in [0, 0.05) is 22.7 Å². The van der Waals surface area contributed by atoms with Gasteiger partial charge >= 0.3 is 0 Å². The van der Waals surface area contributed by atoms with Crippen LogP contribution in [0.5, 0.6) is 5.75 Å². The normalized spacial score (nSPS) is 17.0. The zero-order valence-corrected chi connectivity index (χ0v) is 19.7. The minimum atomic E-state index is -3.24. The van der Waals surface area contributed by atoms with E-state index in [1.165, 1.54) is 22.7 Å². The Labute approximate surface area is 193 Å². The van der Waals surface area contributed by atoms with Crippen LogP contribution in [-0.4, -0.2) is 44.6 Å². The molecule has 2 aromatic carbocycles. The molecular formula is C20H22F2IN3O4S. The van der Waals surface area contributed by atoms with Gasteiger partial charge in [-0.25, -0.2) is 21.5 Å². The van der Waals surface area contributed by atoms with Gasteiger partial charge in [-0.05, 0) is 65.6 Å². The Hall–Kier alpha value is -1.99. The zero-order chi connectivity index (χ0) is 22.8. The van der Waals surface area contributed by atoms with E-state index < -0.39 is 27.6 Å². The van der Waals surface area contributed by atoms with E-state index in [1.807, 2.05) is 22.6 Å². The maximum Gasteiger partial charge on any atom is 0.254 e. The van der Waals surface area contributed by atoms with Crippen molar-refractivity contribution in [3.63, 3.8) is 0 Å². The molecule has 1 amide bonds. The maximum atomic E-state index is 14.2. The molecule has 1 aliphatic rings. The molecule has 3 rings (SSSR count). The van der Waals surface area contributed by atoms with Crippen molar-refractivity contribution in [2.45, 2.75) is 12.8 Å². The molecule has 7 nitrogen and oxygen atoms in total. The summed E-state index contributed by atoms with van der Waals surface area (Å²) < 4.78 is 59.4. The molecule has 31 heavy (non-hydrogen) atoms. The van der Waals surface area contributed by atoms with Crippen LogP contribution in [0, 0.1) is 21.1 Å². The monoisotopic (exact) mass is 565 g/mol. The molecule has 11 heteroatoms. The predicted octanol–water partition coefficient (Wildman–Crippen LogP) is 3.46. The molecule has 1 atom stereocenters. The Morgan fingerprint density at radius 2 is 2.03 bits per heavy atom. The van der Waals surface area contributed by atoms with Crippen molar-refractivity contribution >= 4 is 49.9 Å². The number of carbonyl (C=O) groups is 1. The molecule has 0 spiro atoms. The van der Waals surface area contributed by atoms with Crippen LogP contribution in [0.3, 0.4) is 0 Å². The first kappa shape index (κ1) is 23.7. The fourth-order valence-electron chi connectivity index (χ4n) is 3.45. The van der Waals surface area contributed by atoms with Crippen molar-refractivity contribution in [1.29, 1.82) is 0 Å². The Kier molecular flexibility index (Phi) is 7.37. The minimum Gasteiger partial charge on any atom is -0.493 e. The summed E-state index contributed by atoms with van der Waals surface area (Å²) in [5.74, 6) is -2.06. The SMILES string of the molecule is CS(=O)(=O)N1CCC(CCOc2cc(F)cc(Nc3ccc(I)cc3F)c2C(N)=O)C1. The summed E-state index contributed by atoms with van der Waals surface area (Å²) in [6, 6.07) is 6.53. The fourth-order valence-corrected chi connectivity index (χ4v) is 4.83. The number of anilines is 2. The smallest absolute Gasteiger partial charge is 0.254 e. The van der Waals surface area contributed by atoms with Crippen molar-refractivity contribution in [1.82, 2.24) is 4.31 Å². The lowest BCUT2D eigenvalue weighted by molar-refractivity contribution is 0.0997. The molecule has 0 bridgehead atoms. The molecule has 0 aromatic heterocycles. The Morgan fingerprint density at radius 3 is 2.65 bits per heavy atom. The minimum absolute atomic E-state index is 0.00766. The lowest BCUT2D eigenvalue weighted by Crippen LogP contribution is -2.27. The first-order valence-electron chi connectivity index (χ1n) is 9.48. The number of hydrogen-bond donors (Lipinski definition) is 2. The van der Waals surface area contributed by atoms with E-state index in [0.29, 0.717) is 29.5 Å². The number of amides is 1. The number of benzene rings is 2. The average Bonchev–Trinajstić information content (AvgIpc) is 3.13. The van der Waals surface area contributed by atoms with Gasteiger partial charge in [-0.15, -0.1) is 0 Å². The number of sulfonamides is 1. The van der Waals surface area contributed by atoms with E-state index in [2.05, 4.69) is 5.32 Å². The second kappa shape index (κ2) is 9.65. The van der Waals surface area contributed by atoms with Gasteiger partial charge in [0.15, 0.2) is 0 Å². The highest BCUT2D eigenvalue weighted by Gasteiger charge is 2.28. The third kappa shape index (κ3) is 6.04. The maximum absolute atomic E-state index is 14.2. The summed E-state index contributed by atoms with van der Waals surface area (Å²) in [6.07, 6.45) is 2.39. The van der Waals surface area contributed by atoms with E-state index in [4.69, 9.17) is 10.5 Å². The Bertz CT molecular complexity index is 1100. The molecule has 1 aliphatic heterocycles. The van der Waals surface area contributed by atoms with E-state index in [0.717, 1.165) is 12.1 Å². The predicted molar refractivity (Wildman–Crippen MR) is 122 cm³/mol. The summed E-state index contributed by atoms with van der Waals surface area (Å²) in [4.78, 5) is 12.1. The van der Waals surface area contributed by atoms with Crippen molar-refractivity contribution < 1.29 is 26.7 Å². The summed E-state index contributed by atoms with van der Waals surface area (Å²) in [7, 11) is -3.24. The van der Waals surface area contributed by atoms with Gasteiger partial charge < -0.3 is 15.8 Å². The largest absolute Gasteiger partial charge is 0.493 e. The molecule has 0 radical (unpaired) electrons. The van der Waals surface area contributed by atoms with Crippen LogP contribution in [0.2, 0.25) is 0 Å². The Morgan fingerprint density at radius 1 is 1.29 bits per heavy atom. The van der Waals surface area contributed by atoms with E-state index in [1.54, 1.807) is 6.07 Å². The highest BCUT2D eigenvalue weighted by Crippen LogP contribution is 2.32. The first-order chi connectivity index (χ1) is 14.5. The topological polar surface area (TPSA) is 102 Å². The van der Waals surface area contributed by atoms with E-state index >= 15 is 0 Å². The van der Waals surface area contributed by atoms with Crippen molar-refractivity contribution in [2.24, 2.45) is 11.7 Å². The lowest BCUT2D eigenvalue weighted by atomic mass is 10.1. The van der Waals surface area contributed by atoms with E-state index in [-0.39, 0.29) is 35.2 Å². The summed E-state index contributed by atoms with van der Waals surface area (Å²) in [6.45, 7) is 0.988. The zero-order valence-electron chi connectivity index (χ0n) is 16.7. The summed E-state index contributed by atoms with van der Waals surface area (Å²) in [5.41, 5.74) is 5.45. The van der Waals surface area contributed by atoms with Crippen LogP contribution in [0.25, 0.3) is 0 Å². The van der Waals surface area contributed by atoms with Gasteiger partial charge in [0.1, 0.15) is 22.9 Å². The summed E-state index contributed by atoms with van der Waals surface area (Å²) in [5, 5.41) is 2.71. The molecule has 1 fully saturated rings. The highest BCUT2D eigenvalue weighted by molar-refractivity contribution is 14.1. The van der Waals surface area contributed by atoms with Crippen LogP contribution in [-0.2, 0) is 10.0 Å². The average molecular weight is 565 g/mol. The van der Waals surface area contributed by atoms with Gasteiger partial charge in [0.25, 0.3) is 5.91 Å². The second-order valence-electron chi connectivity index (χ2n) is 7.35. The van der Waals surface area contributed by atoms with Gasteiger partial charge in [0.2, 0.25) is 10.0 Å². The standard InChI is InChI=1S/C20H22F2IN3O4S/c1-31(28,29)26-6-4-12(11-26)5-7-30-18-9-13(21)8-17(19(18)20(24)27)25-16-3-2-14(23)10-15(16)22/h2-3,8-10,12,25H,4-7,11H2,1H3,(H2,24,27). The number of nitrogens with two attached hydrogens (primary N) is 1. The molecule has 1 saturated heterocycles. The number of hydrogen-bond acceptors (Lipinski definition) is 5. The quantitative estimate of drug-likeness (QED) is 0.478. The molecule has 168 valence electrons. The van der Waals surface area contributed by atoms with Crippen molar-refractivity contribution in [3.8, 4) is 5.75 Å². The number of ether oxygens (including phenoxy) is 1. The second-order valence-corrected chi connectivity index (χ2v) is 10.6. The molecule has 1 heterocycles. The molecule has 2 aromatic rings. The number of halogens is 3. The van der Waals surface area contributed by atoms with Crippen LogP contribution in [0.15, 0.2) is 30.3 Å². The fraction of sp³-hybridized carbons (Fsp3) is 0.350. The van der Waals surface area contributed by atoms with Gasteiger partial charge in [-0.3, -0.25) is 4.79 Å². The Balaban J connectivity index is 1.75. The van der Waals surface area contributed by atoms with Crippen LogP contribution < -0.4 is 15.8 Å². The summed E-state index contributed by atoms with van der Waals surface area (Å²) >= 11 is 1.96. The van der Waals surface area contributed by atoms with Gasteiger partial charge in [-0.2, -0.15) is 0 Å². The number of rotatable bonds is 8. The number of primary amides is 1. The van der Waals surface area contributed by atoms with Crippen LogP contribution in [0.4, 0.5) is 20.2 Å². The third-order valence-electron chi connectivity index (χ3n) is 5.02. The van der Waals surface area contributed by atoms with Crippen LogP contribution >= 0.6 is 22.6 Å². The van der Waals surface area contributed by atoms with Crippen molar-refractivity contribution in [3.05, 3.63) is 51.1 Å². The molecule has 0 aliphatic carbocycles. The highest BCUT2D eigenvalue weighted by atomic mass is 127. The van der Waals surface area contributed by atoms with Crippen molar-refractivity contribution in [2.75, 3.05) is 31.3 Å². The number of nitrogens with one attached hydrogen (secondary N) is 1. The van der Waals surface area contributed by atoms with Crippen LogP contribution in [0.1, 0.15) is 23.2 Å². The molecular weight excluding hydrogens is 543 g/mol.